The summed E-state index contributed by atoms with van der Waals surface area (Å²) in [6.45, 7) is 3.23. The molecule has 8 nitrogen and oxygen atoms in total. The fourth-order valence-corrected chi connectivity index (χ4v) is 3.64. The van der Waals surface area contributed by atoms with Gasteiger partial charge in [0.05, 0.1) is 18.9 Å². The molecule has 0 aliphatic heterocycles. The van der Waals surface area contributed by atoms with E-state index in [9.17, 15) is 0 Å². The lowest BCUT2D eigenvalue weighted by atomic mass is 10.1. The summed E-state index contributed by atoms with van der Waals surface area (Å²) in [4.78, 5) is 8.57. The molecule has 0 bridgehead atoms. The predicted molar refractivity (Wildman–Crippen MR) is 109 cm³/mol. The van der Waals surface area contributed by atoms with E-state index >= 15 is 0 Å². The van der Waals surface area contributed by atoms with Crippen LogP contribution in [-0.2, 0) is 17.0 Å². The van der Waals surface area contributed by atoms with E-state index in [4.69, 9.17) is 9.26 Å². The van der Waals surface area contributed by atoms with Crippen LogP contribution in [0.2, 0.25) is 0 Å². The number of hydrogen-bond acceptors (Lipinski definition) is 8. The van der Waals surface area contributed by atoms with Crippen molar-refractivity contribution in [3.05, 3.63) is 60.2 Å². The first-order valence-corrected chi connectivity index (χ1v) is 10.1. The van der Waals surface area contributed by atoms with E-state index in [1.807, 2.05) is 47.9 Å². The molecule has 148 valence electrons. The molecule has 0 atom stereocenters. The Balaban J connectivity index is 1.52. The first-order valence-electron chi connectivity index (χ1n) is 9.09. The van der Waals surface area contributed by atoms with Gasteiger partial charge in [-0.2, -0.15) is 4.98 Å². The SMILES string of the molecule is COCCn1c(SCc2noc(-c3cccc(C)c3)n2)nnc1-c1ccncc1. The Morgan fingerprint density at radius 3 is 2.76 bits per heavy atom. The fourth-order valence-electron chi connectivity index (χ4n) is 2.83. The van der Waals surface area contributed by atoms with E-state index < -0.39 is 0 Å². The Kier molecular flexibility index (Phi) is 5.97. The minimum Gasteiger partial charge on any atom is -0.383 e. The van der Waals surface area contributed by atoms with E-state index in [0.717, 1.165) is 27.7 Å². The van der Waals surface area contributed by atoms with Gasteiger partial charge in [-0.15, -0.1) is 10.2 Å². The topological polar surface area (TPSA) is 91.8 Å². The van der Waals surface area contributed by atoms with Crippen molar-refractivity contribution in [2.75, 3.05) is 13.7 Å². The molecule has 3 aromatic heterocycles. The number of thioether (sulfide) groups is 1. The Morgan fingerprint density at radius 2 is 1.97 bits per heavy atom. The molecule has 0 spiro atoms. The summed E-state index contributed by atoms with van der Waals surface area (Å²) in [5.74, 6) is 2.43. The van der Waals surface area contributed by atoms with Crippen LogP contribution in [0.3, 0.4) is 0 Å². The maximum absolute atomic E-state index is 5.42. The highest BCUT2D eigenvalue weighted by Crippen LogP contribution is 2.26. The Bertz CT molecular complexity index is 1080. The molecule has 4 aromatic rings. The third kappa shape index (κ3) is 4.52. The minimum absolute atomic E-state index is 0.516. The third-order valence-corrected chi connectivity index (χ3v) is 5.20. The number of ether oxygens (including phenoxy) is 1. The smallest absolute Gasteiger partial charge is 0.257 e. The van der Waals surface area contributed by atoms with Crippen molar-refractivity contribution in [3.8, 4) is 22.8 Å². The van der Waals surface area contributed by atoms with Crippen LogP contribution in [0.4, 0.5) is 0 Å². The van der Waals surface area contributed by atoms with Gasteiger partial charge in [-0.25, -0.2) is 0 Å². The van der Waals surface area contributed by atoms with Crippen molar-refractivity contribution >= 4 is 11.8 Å². The van der Waals surface area contributed by atoms with Gasteiger partial charge < -0.3 is 9.26 Å². The Hall–Kier alpha value is -3.04. The minimum atomic E-state index is 0.516. The highest BCUT2D eigenvalue weighted by Gasteiger charge is 2.16. The molecule has 0 N–H and O–H groups in total. The molecule has 0 aliphatic carbocycles. The van der Waals surface area contributed by atoms with Crippen molar-refractivity contribution in [2.45, 2.75) is 24.4 Å². The van der Waals surface area contributed by atoms with E-state index in [2.05, 4.69) is 25.3 Å². The van der Waals surface area contributed by atoms with Crippen LogP contribution in [0.5, 0.6) is 0 Å². The van der Waals surface area contributed by atoms with Gasteiger partial charge in [0.1, 0.15) is 0 Å². The molecule has 0 amide bonds. The average molecular weight is 408 g/mol. The summed E-state index contributed by atoms with van der Waals surface area (Å²) >= 11 is 1.51. The van der Waals surface area contributed by atoms with Crippen LogP contribution in [0.25, 0.3) is 22.8 Å². The molecule has 1 aromatic carbocycles. The first-order chi connectivity index (χ1) is 14.2. The lowest BCUT2D eigenvalue weighted by Gasteiger charge is -2.09. The summed E-state index contributed by atoms with van der Waals surface area (Å²) in [6.07, 6.45) is 3.48. The molecular formula is C20H20N6O2S. The van der Waals surface area contributed by atoms with Crippen LogP contribution in [0.15, 0.2) is 58.5 Å². The quantitative estimate of drug-likeness (QED) is 0.408. The summed E-state index contributed by atoms with van der Waals surface area (Å²) in [6, 6.07) is 11.8. The van der Waals surface area contributed by atoms with Gasteiger partial charge in [0.25, 0.3) is 5.89 Å². The molecule has 0 aliphatic rings. The van der Waals surface area contributed by atoms with Crippen LogP contribution in [-0.4, -0.2) is 43.6 Å². The van der Waals surface area contributed by atoms with Gasteiger partial charge in [0, 0.05) is 30.6 Å². The van der Waals surface area contributed by atoms with Gasteiger partial charge in [0.2, 0.25) is 0 Å². The Morgan fingerprint density at radius 1 is 1.10 bits per heavy atom. The maximum atomic E-state index is 5.42. The molecular weight excluding hydrogens is 388 g/mol. The molecule has 9 heteroatoms. The van der Waals surface area contributed by atoms with E-state index in [1.165, 1.54) is 11.8 Å². The maximum Gasteiger partial charge on any atom is 0.257 e. The second-order valence-electron chi connectivity index (χ2n) is 6.36. The standard InChI is InChI=1S/C20H20N6O2S/c1-14-4-3-5-16(12-14)19-22-17(25-28-19)13-29-20-24-23-18(26(20)10-11-27-2)15-6-8-21-9-7-15/h3-9,12H,10-11,13H2,1-2H3. The van der Waals surface area contributed by atoms with Gasteiger partial charge >= 0.3 is 0 Å². The molecule has 0 fully saturated rings. The molecule has 4 rings (SSSR count). The number of aryl methyl sites for hydroxylation is 1. The van der Waals surface area contributed by atoms with Crippen molar-refractivity contribution < 1.29 is 9.26 Å². The van der Waals surface area contributed by atoms with Gasteiger partial charge in [0.15, 0.2) is 16.8 Å². The number of pyridine rings is 1. The number of aromatic nitrogens is 6. The normalized spacial score (nSPS) is 11.1. The largest absolute Gasteiger partial charge is 0.383 e. The van der Waals surface area contributed by atoms with E-state index in [-0.39, 0.29) is 0 Å². The van der Waals surface area contributed by atoms with Crippen LogP contribution in [0.1, 0.15) is 11.4 Å². The second-order valence-corrected chi connectivity index (χ2v) is 7.30. The van der Waals surface area contributed by atoms with Gasteiger partial charge in [-0.3, -0.25) is 9.55 Å². The van der Waals surface area contributed by atoms with Crippen molar-refractivity contribution in [1.82, 2.24) is 29.9 Å². The van der Waals surface area contributed by atoms with Crippen molar-refractivity contribution in [3.63, 3.8) is 0 Å². The number of rotatable bonds is 8. The second kappa shape index (κ2) is 8.97. The lowest BCUT2D eigenvalue weighted by molar-refractivity contribution is 0.185. The summed E-state index contributed by atoms with van der Waals surface area (Å²) in [5, 5.41) is 13.6. The van der Waals surface area contributed by atoms with Gasteiger partial charge in [-0.05, 0) is 31.2 Å². The summed E-state index contributed by atoms with van der Waals surface area (Å²) in [5.41, 5.74) is 3.01. The highest BCUT2D eigenvalue weighted by molar-refractivity contribution is 7.98. The molecule has 3 heterocycles. The molecule has 29 heavy (non-hydrogen) atoms. The van der Waals surface area contributed by atoms with E-state index in [0.29, 0.717) is 30.6 Å². The van der Waals surface area contributed by atoms with Gasteiger partial charge in [-0.1, -0.05) is 34.6 Å². The predicted octanol–water partition coefficient (Wildman–Crippen LogP) is 3.64. The van der Waals surface area contributed by atoms with Crippen LogP contribution < -0.4 is 0 Å². The number of benzene rings is 1. The molecule has 0 saturated heterocycles. The van der Waals surface area contributed by atoms with Crippen molar-refractivity contribution in [2.24, 2.45) is 0 Å². The zero-order valence-electron chi connectivity index (χ0n) is 16.1. The fraction of sp³-hybridized carbons (Fsp3) is 0.250. The monoisotopic (exact) mass is 408 g/mol. The number of hydrogen-bond donors (Lipinski definition) is 0. The average Bonchev–Trinajstić information content (AvgIpc) is 3.38. The zero-order valence-corrected chi connectivity index (χ0v) is 17.0. The number of nitrogens with zero attached hydrogens (tertiary/aromatic N) is 6. The molecule has 0 radical (unpaired) electrons. The van der Waals surface area contributed by atoms with E-state index in [1.54, 1.807) is 19.5 Å². The third-order valence-electron chi connectivity index (χ3n) is 4.24. The number of methoxy groups -OCH3 is 1. The summed E-state index contributed by atoms with van der Waals surface area (Å²) < 4.78 is 12.7. The first kappa shape index (κ1) is 19.3. The molecule has 0 saturated carbocycles. The van der Waals surface area contributed by atoms with Crippen LogP contribution in [0, 0.1) is 6.92 Å². The highest BCUT2D eigenvalue weighted by atomic mass is 32.2. The lowest BCUT2D eigenvalue weighted by Crippen LogP contribution is -2.07. The Labute approximate surface area is 172 Å². The van der Waals surface area contributed by atoms with Crippen LogP contribution >= 0.6 is 11.8 Å². The molecule has 0 unspecified atom stereocenters. The van der Waals surface area contributed by atoms with Crippen molar-refractivity contribution in [1.29, 1.82) is 0 Å². The zero-order chi connectivity index (χ0) is 20.1. The summed E-state index contributed by atoms with van der Waals surface area (Å²) in [7, 11) is 1.68.